The molecule has 0 saturated carbocycles. The first-order chi connectivity index (χ1) is 8.50. The van der Waals surface area contributed by atoms with Crippen molar-refractivity contribution in [3.63, 3.8) is 0 Å². The zero-order valence-electron chi connectivity index (χ0n) is 11.4. The largest absolute Gasteiger partial charge is 0.468 e. The van der Waals surface area contributed by atoms with Gasteiger partial charge in [-0.25, -0.2) is 0 Å². The number of hydrogen-bond donors (Lipinski definition) is 3. The second-order valence-corrected chi connectivity index (χ2v) is 5.52. The standard InChI is InChI=1S/C12H25NO4S/c1-4-13-12(2,11(16)17-3)6-5-7-18-9-10(15)8-14/h10,13-15H,4-9H2,1-3H3. The van der Waals surface area contributed by atoms with E-state index in [1.54, 1.807) is 11.8 Å². The van der Waals surface area contributed by atoms with Crippen molar-refractivity contribution >= 4 is 17.7 Å². The Morgan fingerprint density at radius 3 is 2.72 bits per heavy atom. The van der Waals surface area contributed by atoms with E-state index < -0.39 is 11.6 Å². The summed E-state index contributed by atoms with van der Waals surface area (Å²) < 4.78 is 4.80. The topological polar surface area (TPSA) is 78.8 Å². The Kier molecular flexibility index (Phi) is 9.45. The van der Waals surface area contributed by atoms with E-state index in [2.05, 4.69) is 5.32 Å². The third kappa shape index (κ3) is 6.58. The fourth-order valence-corrected chi connectivity index (χ4v) is 2.57. The maximum absolute atomic E-state index is 11.7. The first-order valence-electron chi connectivity index (χ1n) is 6.20. The molecule has 0 bridgehead atoms. The smallest absolute Gasteiger partial charge is 0.325 e. The molecule has 0 aromatic heterocycles. The Hall–Kier alpha value is -0.300. The lowest BCUT2D eigenvalue weighted by atomic mass is 9.96. The summed E-state index contributed by atoms with van der Waals surface area (Å²) >= 11 is 1.57. The first-order valence-corrected chi connectivity index (χ1v) is 7.35. The Bertz CT molecular complexity index is 240. The third-order valence-corrected chi connectivity index (χ3v) is 3.89. The first kappa shape index (κ1) is 17.7. The zero-order chi connectivity index (χ0) is 14.0. The zero-order valence-corrected chi connectivity index (χ0v) is 12.3. The molecule has 0 heterocycles. The van der Waals surface area contributed by atoms with Gasteiger partial charge in [0.1, 0.15) is 5.54 Å². The number of esters is 1. The van der Waals surface area contributed by atoms with Crippen LogP contribution in [0.5, 0.6) is 0 Å². The van der Waals surface area contributed by atoms with Crippen LogP contribution in [0.4, 0.5) is 0 Å². The highest BCUT2D eigenvalue weighted by molar-refractivity contribution is 7.99. The van der Waals surface area contributed by atoms with Crippen molar-refractivity contribution in [1.82, 2.24) is 5.32 Å². The number of thioether (sulfide) groups is 1. The minimum absolute atomic E-state index is 0.204. The van der Waals surface area contributed by atoms with Crippen molar-refractivity contribution in [1.29, 1.82) is 0 Å². The van der Waals surface area contributed by atoms with Gasteiger partial charge in [0.15, 0.2) is 0 Å². The van der Waals surface area contributed by atoms with Gasteiger partial charge in [0, 0.05) is 5.75 Å². The average Bonchev–Trinajstić information content (AvgIpc) is 2.37. The number of aliphatic hydroxyl groups is 2. The molecule has 108 valence electrons. The van der Waals surface area contributed by atoms with Gasteiger partial charge in [-0.1, -0.05) is 6.92 Å². The monoisotopic (exact) mass is 279 g/mol. The van der Waals surface area contributed by atoms with E-state index in [-0.39, 0.29) is 12.6 Å². The maximum Gasteiger partial charge on any atom is 0.325 e. The fourth-order valence-electron chi connectivity index (χ4n) is 1.68. The molecule has 2 unspecified atom stereocenters. The number of hydrogen-bond acceptors (Lipinski definition) is 6. The summed E-state index contributed by atoms with van der Waals surface area (Å²) in [6, 6.07) is 0. The van der Waals surface area contributed by atoms with E-state index in [1.807, 2.05) is 13.8 Å². The van der Waals surface area contributed by atoms with Crippen molar-refractivity contribution < 1.29 is 19.7 Å². The number of carbonyl (C=O) groups excluding carboxylic acids is 1. The molecule has 5 nitrogen and oxygen atoms in total. The predicted octanol–water partition coefficient (Wildman–Crippen LogP) is 0.394. The van der Waals surface area contributed by atoms with Crippen LogP contribution < -0.4 is 5.32 Å². The minimum Gasteiger partial charge on any atom is -0.468 e. The van der Waals surface area contributed by atoms with Crippen LogP contribution in [-0.4, -0.2) is 59.6 Å². The summed E-state index contributed by atoms with van der Waals surface area (Å²) in [5.74, 6) is 1.12. The molecule has 0 aliphatic heterocycles. The van der Waals surface area contributed by atoms with Crippen LogP contribution in [0.3, 0.4) is 0 Å². The molecule has 0 spiro atoms. The summed E-state index contributed by atoms with van der Waals surface area (Å²) in [7, 11) is 1.39. The lowest BCUT2D eigenvalue weighted by molar-refractivity contribution is -0.148. The van der Waals surface area contributed by atoms with Gasteiger partial charge in [-0.2, -0.15) is 11.8 Å². The lowest BCUT2D eigenvalue weighted by Crippen LogP contribution is -2.50. The summed E-state index contributed by atoms with van der Waals surface area (Å²) in [4.78, 5) is 11.7. The number of likely N-dealkylation sites (N-methyl/N-ethyl adjacent to an activating group) is 1. The molecular formula is C12H25NO4S. The summed E-state index contributed by atoms with van der Waals surface area (Å²) in [6.45, 7) is 4.30. The van der Waals surface area contributed by atoms with Crippen LogP contribution in [0.25, 0.3) is 0 Å². The second kappa shape index (κ2) is 9.61. The minimum atomic E-state index is -0.657. The number of methoxy groups -OCH3 is 1. The molecule has 0 saturated heterocycles. The third-order valence-electron chi connectivity index (χ3n) is 2.69. The quantitative estimate of drug-likeness (QED) is 0.397. The van der Waals surface area contributed by atoms with Crippen molar-refractivity contribution in [2.75, 3.05) is 31.8 Å². The van der Waals surface area contributed by atoms with Crippen molar-refractivity contribution in [2.45, 2.75) is 38.3 Å². The van der Waals surface area contributed by atoms with Crippen molar-refractivity contribution in [2.24, 2.45) is 0 Å². The second-order valence-electron chi connectivity index (χ2n) is 4.37. The lowest BCUT2D eigenvalue weighted by Gasteiger charge is -2.27. The van der Waals surface area contributed by atoms with Crippen molar-refractivity contribution in [3.05, 3.63) is 0 Å². The molecule has 0 fully saturated rings. The Balaban J connectivity index is 3.94. The molecule has 0 rings (SSSR count). The average molecular weight is 279 g/mol. The summed E-state index contributed by atoms with van der Waals surface area (Å²) in [5, 5.41) is 21.0. The van der Waals surface area contributed by atoms with Crippen LogP contribution in [-0.2, 0) is 9.53 Å². The van der Waals surface area contributed by atoms with Gasteiger partial charge in [-0.05, 0) is 32.1 Å². The van der Waals surface area contributed by atoms with Gasteiger partial charge in [0.05, 0.1) is 19.8 Å². The predicted molar refractivity (Wildman–Crippen MR) is 73.7 cm³/mol. The van der Waals surface area contributed by atoms with Gasteiger partial charge in [0.25, 0.3) is 0 Å². The molecule has 6 heteroatoms. The van der Waals surface area contributed by atoms with Gasteiger partial charge in [-0.3, -0.25) is 4.79 Å². The van der Waals surface area contributed by atoms with E-state index in [0.29, 0.717) is 18.7 Å². The van der Waals surface area contributed by atoms with E-state index >= 15 is 0 Å². The van der Waals surface area contributed by atoms with Crippen LogP contribution in [0.2, 0.25) is 0 Å². The van der Waals surface area contributed by atoms with Gasteiger partial charge in [0.2, 0.25) is 0 Å². The van der Waals surface area contributed by atoms with E-state index in [4.69, 9.17) is 9.84 Å². The molecule has 2 atom stereocenters. The molecule has 0 aliphatic rings. The number of rotatable bonds is 10. The number of carbonyl (C=O) groups is 1. The molecule has 3 N–H and O–H groups in total. The maximum atomic E-state index is 11.7. The number of nitrogens with one attached hydrogen (secondary N) is 1. The van der Waals surface area contributed by atoms with Crippen LogP contribution in [0.1, 0.15) is 26.7 Å². The molecule has 0 aliphatic carbocycles. The Morgan fingerprint density at radius 2 is 2.22 bits per heavy atom. The van der Waals surface area contributed by atoms with E-state index in [9.17, 15) is 9.90 Å². The fraction of sp³-hybridized carbons (Fsp3) is 0.917. The van der Waals surface area contributed by atoms with Crippen molar-refractivity contribution in [3.8, 4) is 0 Å². The molecule has 18 heavy (non-hydrogen) atoms. The highest BCUT2D eigenvalue weighted by Crippen LogP contribution is 2.17. The SMILES string of the molecule is CCNC(C)(CCCSCC(O)CO)C(=O)OC. The molecule has 0 amide bonds. The summed E-state index contributed by atoms with van der Waals surface area (Å²) in [6.07, 6.45) is 0.882. The van der Waals surface area contributed by atoms with Crippen LogP contribution >= 0.6 is 11.8 Å². The van der Waals surface area contributed by atoms with E-state index in [1.165, 1.54) is 7.11 Å². The molecule has 0 aromatic carbocycles. The number of ether oxygens (including phenoxy) is 1. The van der Waals surface area contributed by atoms with Gasteiger partial charge >= 0.3 is 5.97 Å². The highest BCUT2D eigenvalue weighted by Gasteiger charge is 2.32. The van der Waals surface area contributed by atoms with Gasteiger partial charge in [-0.15, -0.1) is 0 Å². The normalized spacial score (nSPS) is 16.1. The Labute approximate surface area is 113 Å². The molecule has 0 aromatic rings. The van der Waals surface area contributed by atoms with Crippen LogP contribution in [0, 0.1) is 0 Å². The highest BCUT2D eigenvalue weighted by atomic mass is 32.2. The molecule has 0 radical (unpaired) electrons. The molecular weight excluding hydrogens is 254 g/mol. The van der Waals surface area contributed by atoms with Crippen LogP contribution in [0.15, 0.2) is 0 Å². The summed E-state index contributed by atoms with van der Waals surface area (Å²) in [5.41, 5.74) is -0.639. The number of aliphatic hydroxyl groups excluding tert-OH is 2. The Morgan fingerprint density at radius 1 is 1.56 bits per heavy atom. The van der Waals surface area contributed by atoms with Gasteiger partial charge < -0.3 is 20.3 Å². The van der Waals surface area contributed by atoms with E-state index in [0.717, 1.165) is 12.2 Å².